The number of carbonyl (C=O) groups is 2. The molecule has 2 N–H and O–H groups in total. The van der Waals surface area contributed by atoms with E-state index in [2.05, 4.69) is 11.4 Å². The molecule has 1 aliphatic rings. The fourth-order valence-electron chi connectivity index (χ4n) is 3.60. The number of benzene rings is 2. The summed E-state index contributed by atoms with van der Waals surface area (Å²) in [7, 11) is 1.88. The first-order valence-corrected chi connectivity index (χ1v) is 9.31. The number of nitrogens with one attached hydrogen (secondary N) is 1. The van der Waals surface area contributed by atoms with Gasteiger partial charge in [0.2, 0.25) is 5.91 Å². The zero-order valence-corrected chi connectivity index (χ0v) is 15.8. The van der Waals surface area contributed by atoms with Crippen molar-refractivity contribution >= 4 is 11.9 Å². The minimum atomic E-state index is -1.05. The second kappa shape index (κ2) is 8.68. The van der Waals surface area contributed by atoms with Gasteiger partial charge in [-0.05, 0) is 49.2 Å². The smallest absolute Gasteiger partial charge is 0.326 e. The number of carboxylic acid groups (broad SMARTS) is 1. The maximum atomic E-state index is 12.4. The van der Waals surface area contributed by atoms with Gasteiger partial charge in [-0.1, -0.05) is 42.5 Å². The molecule has 1 saturated heterocycles. The number of hydrogen-bond acceptors (Lipinski definition) is 4. The average molecular weight is 377 g/mol. The lowest BCUT2D eigenvalue weighted by molar-refractivity contribution is -0.142. The summed E-state index contributed by atoms with van der Waals surface area (Å²) in [5, 5.41) is 21.5. The van der Waals surface area contributed by atoms with E-state index < -0.39 is 12.0 Å². The number of likely N-dealkylation sites (tertiary alicyclic amines) is 1. The van der Waals surface area contributed by atoms with Gasteiger partial charge < -0.3 is 10.4 Å². The Morgan fingerprint density at radius 1 is 1.25 bits per heavy atom. The summed E-state index contributed by atoms with van der Waals surface area (Å²) in [5.74, 6) is -1.28. The maximum absolute atomic E-state index is 12.4. The Hall–Kier alpha value is -3.17. The van der Waals surface area contributed by atoms with Gasteiger partial charge in [0.05, 0.1) is 17.7 Å². The van der Waals surface area contributed by atoms with Gasteiger partial charge in [-0.2, -0.15) is 5.26 Å². The van der Waals surface area contributed by atoms with Gasteiger partial charge in [0.15, 0.2) is 0 Å². The largest absolute Gasteiger partial charge is 0.480 e. The van der Waals surface area contributed by atoms with Crippen molar-refractivity contribution in [2.24, 2.45) is 0 Å². The van der Waals surface area contributed by atoms with Crippen LogP contribution in [0.25, 0.3) is 11.1 Å². The number of hydrogen-bond donors (Lipinski definition) is 2. The highest BCUT2D eigenvalue weighted by Crippen LogP contribution is 2.24. The Morgan fingerprint density at radius 3 is 2.57 bits per heavy atom. The summed E-state index contributed by atoms with van der Waals surface area (Å²) in [6.45, 7) is 0.849. The van der Waals surface area contributed by atoms with E-state index >= 15 is 0 Å². The minimum Gasteiger partial charge on any atom is -0.480 e. The van der Waals surface area contributed by atoms with Crippen LogP contribution in [0.4, 0.5) is 0 Å². The molecular weight excluding hydrogens is 354 g/mol. The Balaban J connectivity index is 1.71. The third-order valence-electron chi connectivity index (χ3n) is 5.19. The van der Waals surface area contributed by atoms with Crippen molar-refractivity contribution in [1.29, 1.82) is 5.26 Å². The molecule has 1 fully saturated rings. The van der Waals surface area contributed by atoms with Crippen LogP contribution in [-0.4, -0.2) is 47.6 Å². The molecule has 2 aromatic rings. The topological polar surface area (TPSA) is 93.4 Å². The summed E-state index contributed by atoms with van der Waals surface area (Å²) in [5.41, 5.74) is 3.13. The van der Waals surface area contributed by atoms with Crippen LogP contribution in [0, 0.1) is 11.3 Å². The van der Waals surface area contributed by atoms with Crippen LogP contribution in [0.2, 0.25) is 0 Å². The lowest BCUT2D eigenvalue weighted by Crippen LogP contribution is -2.49. The summed E-state index contributed by atoms with van der Waals surface area (Å²) < 4.78 is 0. The van der Waals surface area contributed by atoms with Crippen molar-refractivity contribution in [3.63, 3.8) is 0 Å². The minimum absolute atomic E-state index is 0.206. The Labute approximate surface area is 164 Å². The molecule has 0 unspecified atom stereocenters. The quantitative estimate of drug-likeness (QED) is 0.806. The number of amides is 1. The molecule has 0 saturated carbocycles. The lowest BCUT2D eigenvalue weighted by Gasteiger charge is -2.22. The third-order valence-corrected chi connectivity index (χ3v) is 5.19. The van der Waals surface area contributed by atoms with Gasteiger partial charge in [0.1, 0.15) is 6.04 Å². The number of aliphatic carboxylic acids is 1. The van der Waals surface area contributed by atoms with E-state index in [1.165, 1.54) is 0 Å². The third kappa shape index (κ3) is 4.38. The lowest BCUT2D eigenvalue weighted by atomic mass is 9.97. The fourth-order valence-corrected chi connectivity index (χ4v) is 3.60. The monoisotopic (exact) mass is 377 g/mol. The molecule has 2 aromatic carbocycles. The van der Waals surface area contributed by atoms with Crippen molar-refractivity contribution in [3.05, 3.63) is 59.7 Å². The van der Waals surface area contributed by atoms with E-state index in [0.717, 1.165) is 36.1 Å². The molecule has 0 spiro atoms. The highest BCUT2D eigenvalue weighted by atomic mass is 16.4. The van der Waals surface area contributed by atoms with Crippen molar-refractivity contribution in [2.75, 3.05) is 13.6 Å². The molecule has 2 atom stereocenters. The van der Waals surface area contributed by atoms with Gasteiger partial charge in [-0.25, -0.2) is 4.79 Å². The molecule has 0 aromatic heterocycles. The first-order valence-electron chi connectivity index (χ1n) is 9.31. The first kappa shape index (κ1) is 19.6. The Morgan fingerprint density at radius 2 is 1.96 bits per heavy atom. The zero-order chi connectivity index (χ0) is 20.1. The van der Waals surface area contributed by atoms with Crippen LogP contribution < -0.4 is 5.32 Å². The fraction of sp³-hybridized carbons (Fsp3) is 0.318. The summed E-state index contributed by atoms with van der Waals surface area (Å²) >= 11 is 0. The molecule has 1 heterocycles. The maximum Gasteiger partial charge on any atom is 0.326 e. The van der Waals surface area contributed by atoms with Gasteiger partial charge in [-0.15, -0.1) is 0 Å². The molecule has 0 bridgehead atoms. The number of rotatable bonds is 6. The Bertz CT molecular complexity index is 902. The van der Waals surface area contributed by atoms with Crippen LogP contribution >= 0.6 is 0 Å². The predicted molar refractivity (Wildman–Crippen MR) is 106 cm³/mol. The van der Waals surface area contributed by atoms with E-state index in [9.17, 15) is 20.0 Å². The number of carboxylic acids is 1. The highest BCUT2D eigenvalue weighted by molar-refractivity contribution is 5.87. The number of nitriles is 1. The molecular formula is C22H23N3O3. The molecule has 0 radical (unpaired) electrons. The van der Waals surface area contributed by atoms with Gasteiger partial charge in [0.25, 0.3) is 0 Å². The summed E-state index contributed by atoms with van der Waals surface area (Å²) in [6.07, 6.45) is 1.90. The van der Waals surface area contributed by atoms with Crippen molar-refractivity contribution in [2.45, 2.75) is 31.3 Å². The molecule has 6 nitrogen and oxygen atoms in total. The SMILES string of the molecule is CN1CCC[C@H]1C(=O)N[C@@H](Cc1ccc(-c2ccccc2C#N)cc1)C(=O)O. The van der Waals surface area contributed by atoms with Gasteiger partial charge >= 0.3 is 5.97 Å². The van der Waals surface area contributed by atoms with Crippen LogP contribution in [0.3, 0.4) is 0 Å². The number of likely N-dealkylation sites (N-methyl/N-ethyl adjacent to an activating group) is 1. The van der Waals surface area contributed by atoms with E-state index in [4.69, 9.17) is 0 Å². The zero-order valence-electron chi connectivity index (χ0n) is 15.8. The van der Waals surface area contributed by atoms with Crippen molar-refractivity contribution in [1.82, 2.24) is 10.2 Å². The molecule has 1 amide bonds. The van der Waals surface area contributed by atoms with Crippen LogP contribution in [0.15, 0.2) is 48.5 Å². The summed E-state index contributed by atoms with van der Waals surface area (Å²) in [6, 6.07) is 15.7. The van der Waals surface area contributed by atoms with Crippen LogP contribution in [0.5, 0.6) is 0 Å². The number of nitrogens with zero attached hydrogens (tertiary/aromatic N) is 2. The van der Waals surface area contributed by atoms with Crippen LogP contribution in [-0.2, 0) is 16.0 Å². The second-order valence-electron chi connectivity index (χ2n) is 7.10. The second-order valence-corrected chi connectivity index (χ2v) is 7.10. The van der Waals surface area contributed by atoms with E-state index in [-0.39, 0.29) is 18.4 Å². The standard InChI is InChI=1S/C22H23N3O3/c1-25-12-4-7-20(25)21(26)24-19(22(27)28)13-15-8-10-16(11-9-15)18-6-3-2-5-17(18)14-23/h2-3,5-6,8-11,19-20H,4,7,12-13H2,1H3,(H,24,26)(H,27,28)/t19-,20-/m0/s1. The van der Waals surface area contributed by atoms with Crippen molar-refractivity contribution < 1.29 is 14.7 Å². The van der Waals surface area contributed by atoms with Crippen LogP contribution in [0.1, 0.15) is 24.0 Å². The number of carbonyl (C=O) groups excluding carboxylic acids is 1. The summed E-state index contributed by atoms with van der Waals surface area (Å²) in [4.78, 5) is 26.0. The predicted octanol–water partition coefficient (Wildman–Crippen LogP) is 2.43. The molecule has 144 valence electrons. The van der Waals surface area contributed by atoms with Gasteiger partial charge in [0, 0.05) is 6.42 Å². The normalized spacial score (nSPS) is 17.6. The van der Waals surface area contributed by atoms with Crippen molar-refractivity contribution in [3.8, 4) is 17.2 Å². The average Bonchev–Trinajstić information content (AvgIpc) is 3.14. The molecule has 0 aliphatic carbocycles. The molecule has 1 aliphatic heterocycles. The molecule has 28 heavy (non-hydrogen) atoms. The molecule has 3 rings (SSSR count). The Kier molecular flexibility index (Phi) is 6.07. The van der Waals surface area contributed by atoms with E-state index in [1.54, 1.807) is 6.07 Å². The first-order chi connectivity index (χ1) is 13.5. The van der Waals surface area contributed by atoms with E-state index in [1.807, 2.05) is 54.4 Å². The highest BCUT2D eigenvalue weighted by Gasteiger charge is 2.30. The van der Waals surface area contributed by atoms with Gasteiger partial charge in [-0.3, -0.25) is 9.69 Å². The molecule has 6 heteroatoms. The van der Waals surface area contributed by atoms with E-state index in [0.29, 0.717) is 5.56 Å².